The second-order valence-corrected chi connectivity index (χ2v) is 3.97. The van der Waals surface area contributed by atoms with Gasteiger partial charge >= 0.3 is 0 Å². The first-order valence-electron chi connectivity index (χ1n) is 3.89. The van der Waals surface area contributed by atoms with Gasteiger partial charge in [-0.05, 0) is 24.5 Å². The van der Waals surface area contributed by atoms with Gasteiger partial charge in [0.2, 0.25) is 0 Å². The number of nitrogens with zero attached hydrogens (tertiary/aromatic N) is 1. The fourth-order valence-electron chi connectivity index (χ4n) is 1.24. The molecule has 0 atom stereocenters. The van der Waals surface area contributed by atoms with Crippen molar-refractivity contribution in [1.82, 2.24) is 4.98 Å². The number of aromatic nitrogens is 1. The van der Waals surface area contributed by atoms with Crippen molar-refractivity contribution in [3.8, 4) is 0 Å². The molecule has 66 valence electrons. The van der Waals surface area contributed by atoms with Gasteiger partial charge in [0.15, 0.2) is 0 Å². The summed E-state index contributed by atoms with van der Waals surface area (Å²) in [6.07, 6.45) is 3.79. The Bertz CT molecular complexity index is 442. The van der Waals surface area contributed by atoms with Gasteiger partial charge in [0.05, 0.1) is 10.5 Å². The van der Waals surface area contributed by atoms with Crippen LogP contribution >= 0.6 is 23.4 Å². The summed E-state index contributed by atoms with van der Waals surface area (Å²) in [7, 11) is 0. The van der Waals surface area contributed by atoms with E-state index < -0.39 is 0 Å². The van der Waals surface area contributed by atoms with Crippen LogP contribution in [0.1, 0.15) is 0 Å². The Kier molecular flexibility index (Phi) is 2.42. The molecule has 0 spiro atoms. The zero-order valence-electron chi connectivity index (χ0n) is 7.12. The summed E-state index contributed by atoms with van der Waals surface area (Å²) in [5, 5.41) is 1.82. The number of benzene rings is 1. The van der Waals surface area contributed by atoms with Gasteiger partial charge < -0.3 is 0 Å². The monoisotopic (exact) mass is 209 g/mol. The van der Waals surface area contributed by atoms with Gasteiger partial charge in [-0.25, -0.2) is 0 Å². The number of halogens is 1. The highest BCUT2D eigenvalue weighted by molar-refractivity contribution is 7.98. The van der Waals surface area contributed by atoms with Crippen molar-refractivity contribution in [2.45, 2.75) is 4.90 Å². The van der Waals surface area contributed by atoms with E-state index >= 15 is 0 Å². The Hall–Kier alpha value is -0.730. The third-order valence-corrected chi connectivity index (χ3v) is 2.86. The highest BCUT2D eigenvalue weighted by Crippen LogP contribution is 2.27. The third kappa shape index (κ3) is 1.64. The van der Waals surface area contributed by atoms with Crippen molar-refractivity contribution >= 4 is 34.3 Å². The van der Waals surface area contributed by atoms with Crippen LogP contribution in [0, 0.1) is 0 Å². The number of rotatable bonds is 1. The molecule has 3 heteroatoms. The molecule has 0 N–H and O–H groups in total. The average Bonchev–Trinajstić information content (AvgIpc) is 2.18. The van der Waals surface area contributed by atoms with Crippen LogP contribution in [0.3, 0.4) is 0 Å². The molecule has 0 amide bonds. The highest BCUT2D eigenvalue weighted by Gasteiger charge is 2.01. The van der Waals surface area contributed by atoms with Gasteiger partial charge in [0.1, 0.15) is 0 Å². The molecule has 0 saturated heterocycles. The molecule has 0 aliphatic heterocycles. The first kappa shape index (κ1) is 8.85. The summed E-state index contributed by atoms with van der Waals surface area (Å²) in [4.78, 5) is 5.39. The lowest BCUT2D eigenvalue weighted by Gasteiger charge is -2.01. The molecule has 0 radical (unpaired) electrons. The number of hydrogen-bond donors (Lipinski definition) is 0. The van der Waals surface area contributed by atoms with Crippen molar-refractivity contribution in [3.05, 3.63) is 35.5 Å². The maximum atomic E-state index is 6.07. The summed E-state index contributed by atoms with van der Waals surface area (Å²) in [6.45, 7) is 0. The van der Waals surface area contributed by atoms with Gasteiger partial charge in [-0.15, -0.1) is 11.8 Å². The van der Waals surface area contributed by atoms with Gasteiger partial charge in [0.25, 0.3) is 0 Å². The standard InChI is InChI=1S/C10H8ClNS/c1-13-8-5-7-3-2-4-12-10(7)9(11)6-8/h2-6H,1H3. The van der Waals surface area contributed by atoms with Crippen LogP contribution < -0.4 is 0 Å². The first-order chi connectivity index (χ1) is 6.31. The molecule has 0 aliphatic rings. The van der Waals surface area contributed by atoms with Crippen LogP contribution in [0.4, 0.5) is 0 Å². The first-order valence-corrected chi connectivity index (χ1v) is 5.50. The van der Waals surface area contributed by atoms with Crippen LogP contribution in [-0.2, 0) is 0 Å². The van der Waals surface area contributed by atoms with Gasteiger partial charge in [-0.1, -0.05) is 17.7 Å². The lowest BCUT2D eigenvalue weighted by atomic mass is 10.2. The molecule has 1 aromatic heterocycles. The predicted molar refractivity (Wildman–Crippen MR) is 58.5 cm³/mol. The number of fused-ring (bicyclic) bond motifs is 1. The molecule has 0 unspecified atom stereocenters. The fourth-order valence-corrected chi connectivity index (χ4v) is 2.06. The van der Waals surface area contributed by atoms with Gasteiger partial charge in [-0.2, -0.15) is 0 Å². The van der Waals surface area contributed by atoms with Crippen molar-refractivity contribution in [2.24, 2.45) is 0 Å². The molecular formula is C10H8ClNS. The number of thioether (sulfide) groups is 1. The average molecular weight is 210 g/mol. The van der Waals surface area contributed by atoms with Crippen molar-refractivity contribution in [1.29, 1.82) is 0 Å². The molecule has 0 bridgehead atoms. The second kappa shape index (κ2) is 3.56. The summed E-state index contributed by atoms with van der Waals surface area (Å²) < 4.78 is 0. The van der Waals surface area contributed by atoms with Crippen LogP contribution in [0.2, 0.25) is 5.02 Å². The SMILES string of the molecule is CSc1cc(Cl)c2ncccc2c1. The summed E-state index contributed by atoms with van der Waals surface area (Å²) in [5.41, 5.74) is 0.877. The molecule has 1 aromatic carbocycles. The van der Waals surface area contributed by atoms with E-state index in [1.54, 1.807) is 18.0 Å². The van der Waals surface area contributed by atoms with E-state index in [1.165, 1.54) is 4.90 Å². The minimum absolute atomic E-state index is 0.724. The van der Waals surface area contributed by atoms with Gasteiger partial charge in [0, 0.05) is 16.5 Å². The topological polar surface area (TPSA) is 12.9 Å². The van der Waals surface area contributed by atoms with Crippen molar-refractivity contribution in [2.75, 3.05) is 6.26 Å². The second-order valence-electron chi connectivity index (χ2n) is 2.68. The molecule has 2 aromatic rings. The largest absolute Gasteiger partial charge is 0.255 e. The molecule has 1 nitrogen and oxygen atoms in total. The maximum Gasteiger partial charge on any atom is 0.0888 e. The van der Waals surface area contributed by atoms with E-state index in [0.717, 1.165) is 15.9 Å². The smallest absolute Gasteiger partial charge is 0.0888 e. The van der Waals surface area contributed by atoms with Crippen LogP contribution in [0.5, 0.6) is 0 Å². The Balaban J connectivity index is 2.77. The summed E-state index contributed by atoms with van der Waals surface area (Å²) in [5.74, 6) is 0. The van der Waals surface area contributed by atoms with E-state index in [2.05, 4.69) is 11.1 Å². The van der Waals surface area contributed by atoms with E-state index in [9.17, 15) is 0 Å². The number of pyridine rings is 1. The molecule has 0 saturated carbocycles. The number of hydrogen-bond acceptors (Lipinski definition) is 2. The van der Waals surface area contributed by atoms with E-state index in [0.29, 0.717) is 0 Å². The van der Waals surface area contributed by atoms with E-state index in [-0.39, 0.29) is 0 Å². The Morgan fingerprint density at radius 1 is 1.38 bits per heavy atom. The van der Waals surface area contributed by atoms with E-state index in [4.69, 9.17) is 11.6 Å². The highest BCUT2D eigenvalue weighted by atomic mass is 35.5. The molecule has 0 aliphatic carbocycles. The predicted octanol–water partition coefficient (Wildman–Crippen LogP) is 3.61. The minimum atomic E-state index is 0.724. The fraction of sp³-hybridized carbons (Fsp3) is 0.100. The van der Waals surface area contributed by atoms with E-state index in [1.807, 2.05) is 24.5 Å². The zero-order chi connectivity index (χ0) is 9.26. The Labute approximate surface area is 86.1 Å². The van der Waals surface area contributed by atoms with Crippen LogP contribution in [0.15, 0.2) is 35.4 Å². The Morgan fingerprint density at radius 2 is 2.23 bits per heavy atom. The molecule has 13 heavy (non-hydrogen) atoms. The maximum absolute atomic E-state index is 6.07. The van der Waals surface area contributed by atoms with Crippen molar-refractivity contribution < 1.29 is 0 Å². The van der Waals surface area contributed by atoms with Crippen LogP contribution in [-0.4, -0.2) is 11.2 Å². The van der Waals surface area contributed by atoms with Crippen molar-refractivity contribution in [3.63, 3.8) is 0 Å². The summed E-state index contributed by atoms with van der Waals surface area (Å²) >= 11 is 7.75. The lowest BCUT2D eigenvalue weighted by Crippen LogP contribution is -1.80. The summed E-state index contributed by atoms with van der Waals surface area (Å²) in [6, 6.07) is 7.98. The van der Waals surface area contributed by atoms with Gasteiger partial charge in [-0.3, -0.25) is 4.98 Å². The third-order valence-electron chi connectivity index (χ3n) is 1.87. The van der Waals surface area contributed by atoms with Crippen LogP contribution in [0.25, 0.3) is 10.9 Å². The molecule has 2 rings (SSSR count). The Morgan fingerprint density at radius 3 is 3.00 bits per heavy atom. The molecule has 0 fully saturated rings. The quantitative estimate of drug-likeness (QED) is 0.666. The normalized spacial score (nSPS) is 10.6. The minimum Gasteiger partial charge on any atom is -0.255 e. The molecular weight excluding hydrogens is 202 g/mol. The zero-order valence-corrected chi connectivity index (χ0v) is 8.69. The lowest BCUT2D eigenvalue weighted by molar-refractivity contribution is 1.39. The molecule has 1 heterocycles.